The summed E-state index contributed by atoms with van der Waals surface area (Å²) in [5.74, 6) is 0. The van der Waals surface area contributed by atoms with E-state index in [4.69, 9.17) is 5.11 Å². The zero-order valence-corrected chi connectivity index (χ0v) is 10.4. The first-order valence-electron chi connectivity index (χ1n) is 5.35. The molecule has 3 N–H and O–H groups in total. The molecule has 98 valence electrons. The molecular formula is C10H14N4O3S. The number of nitrogens with zero attached hydrogens (tertiary/aromatic N) is 2. The first kappa shape index (κ1) is 12.8. The van der Waals surface area contributed by atoms with Gasteiger partial charge in [-0.1, -0.05) is 0 Å². The van der Waals surface area contributed by atoms with E-state index in [-0.39, 0.29) is 18.0 Å². The Kier molecular flexibility index (Phi) is 3.80. The molecule has 0 saturated carbocycles. The van der Waals surface area contributed by atoms with Crippen LogP contribution in [0.4, 0.5) is 0 Å². The molecule has 0 bridgehead atoms. The maximum atomic E-state index is 11.9. The van der Waals surface area contributed by atoms with Gasteiger partial charge >= 0.3 is 0 Å². The molecule has 2 aromatic heterocycles. The highest BCUT2D eigenvalue weighted by atomic mass is 32.2. The van der Waals surface area contributed by atoms with Gasteiger partial charge in [-0.2, -0.15) is 0 Å². The van der Waals surface area contributed by atoms with E-state index in [0.717, 1.165) is 0 Å². The van der Waals surface area contributed by atoms with Crippen LogP contribution >= 0.6 is 0 Å². The third-order valence-electron chi connectivity index (χ3n) is 2.42. The lowest BCUT2D eigenvalue weighted by Gasteiger charge is -2.05. The lowest BCUT2D eigenvalue weighted by atomic mass is 10.5. The lowest BCUT2D eigenvalue weighted by molar-refractivity contribution is 0.277. The molecule has 0 aromatic carbocycles. The Morgan fingerprint density at radius 1 is 1.50 bits per heavy atom. The van der Waals surface area contributed by atoms with Crippen LogP contribution in [-0.2, 0) is 23.2 Å². The van der Waals surface area contributed by atoms with E-state index in [2.05, 4.69) is 14.7 Å². The highest BCUT2D eigenvalue weighted by Gasteiger charge is 2.15. The van der Waals surface area contributed by atoms with Gasteiger partial charge in [-0.05, 0) is 6.07 Å². The largest absolute Gasteiger partial charge is 0.390 e. The molecule has 2 aromatic rings. The molecule has 0 spiro atoms. The summed E-state index contributed by atoms with van der Waals surface area (Å²) in [7, 11) is -3.53. The van der Waals surface area contributed by atoms with Crippen LogP contribution in [0.3, 0.4) is 0 Å². The summed E-state index contributed by atoms with van der Waals surface area (Å²) in [6, 6.07) is 1.40. The standard InChI is InChI=1S/C10H14N4O3S/c15-7-9-5-10(6-12-9)18(16,17)13-2-4-14-3-1-11-8-14/h1,3,5-6,8,12-13,15H,2,4,7H2. The normalized spacial score (nSPS) is 11.8. The van der Waals surface area contributed by atoms with E-state index in [0.29, 0.717) is 12.2 Å². The van der Waals surface area contributed by atoms with Crippen molar-refractivity contribution in [3.8, 4) is 0 Å². The number of aromatic amines is 1. The summed E-state index contributed by atoms with van der Waals surface area (Å²) in [6.07, 6.45) is 6.36. The van der Waals surface area contributed by atoms with Gasteiger partial charge in [0.05, 0.1) is 17.8 Å². The minimum Gasteiger partial charge on any atom is -0.390 e. The molecule has 0 unspecified atom stereocenters. The Balaban J connectivity index is 1.95. The van der Waals surface area contributed by atoms with Crippen LogP contribution in [0.5, 0.6) is 0 Å². The van der Waals surface area contributed by atoms with Crippen molar-refractivity contribution in [2.45, 2.75) is 18.0 Å². The van der Waals surface area contributed by atoms with Crippen molar-refractivity contribution >= 4 is 10.0 Å². The second-order valence-corrected chi connectivity index (χ2v) is 5.48. The van der Waals surface area contributed by atoms with Gasteiger partial charge in [0.1, 0.15) is 0 Å². The average molecular weight is 270 g/mol. The highest BCUT2D eigenvalue weighted by molar-refractivity contribution is 7.89. The minimum atomic E-state index is -3.53. The fourth-order valence-corrected chi connectivity index (χ4v) is 2.51. The van der Waals surface area contributed by atoms with Crippen LogP contribution in [0.1, 0.15) is 5.69 Å². The monoisotopic (exact) mass is 270 g/mol. The number of sulfonamides is 1. The van der Waals surface area contributed by atoms with Gasteiger partial charge in [0.15, 0.2) is 0 Å². The Morgan fingerprint density at radius 2 is 2.33 bits per heavy atom. The van der Waals surface area contributed by atoms with Gasteiger partial charge in [-0.25, -0.2) is 18.1 Å². The maximum Gasteiger partial charge on any atom is 0.242 e. The lowest BCUT2D eigenvalue weighted by Crippen LogP contribution is -2.26. The second-order valence-electron chi connectivity index (χ2n) is 3.72. The van der Waals surface area contributed by atoms with E-state index >= 15 is 0 Å². The van der Waals surface area contributed by atoms with Crippen LogP contribution in [0.15, 0.2) is 35.9 Å². The van der Waals surface area contributed by atoms with Crippen molar-refractivity contribution in [3.05, 3.63) is 36.7 Å². The molecule has 2 rings (SSSR count). The Hall–Kier alpha value is -1.64. The first-order valence-corrected chi connectivity index (χ1v) is 6.84. The van der Waals surface area contributed by atoms with E-state index < -0.39 is 10.0 Å². The van der Waals surface area contributed by atoms with Crippen molar-refractivity contribution in [2.24, 2.45) is 0 Å². The molecule has 0 radical (unpaired) electrons. The summed E-state index contributed by atoms with van der Waals surface area (Å²) in [5.41, 5.74) is 0.463. The minimum absolute atomic E-state index is 0.122. The molecule has 7 nitrogen and oxygen atoms in total. The topological polar surface area (TPSA) is 100 Å². The number of H-pyrrole nitrogens is 1. The number of hydrogen-bond acceptors (Lipinski definition) is 4. The smallest absolute Gasteiger partial charge is 0.242 e. The number of rotatable bonds is 6. The first-order chi connectivity index (χ1) is 8.62. The van der Waals surface area contributed by atoms with E-state index in [1.54, 1.807) is 23.3 Å². The highest BCUT2D eigenvalue weighted by Crippen LogP contribution is 2.10. The third kappa shape index (κ3) is 2.97. The molecule has 0 amide bonds. The zero-order chi connectivity index (χ0) is 13.0. The zero-order valence-electron chi connectivity index (χ0n) is 9.57. The molecule has 18 heavy (non-hydrogen) atoms. The van der Waals surface area contributed by atoms with Crippen molar-refractivity contribution < 1.29 is 13.5 Å². The summed E-state index contributed by atoms with van der Waals surface area (Å²) in [4.78, 5) is 6.67. The summed E-state index contributed by atoms with van der Waals surface area (Å²) in [6.45, 7) is 0.569. The van der Waals surface area contributed by atoms with Crippen LogP contribution in [0, 0.1) is 0 Å². The molecule has 0 aliphatic carbocycles. The summed E-state index contributed by atoms with van der Waals surface area (Å²) in [5, 5.41) is 8.86. The molecule has 2 heterocycles. The number of aromatic nitrogens is 3. The number of aliphatic hydroxyl groups excluding tert-OH is 1. The van der Waals surface area contributed by atoms with Gasteiger partial charge in [-0.3, -0.25) is 0 Å². The summed E-state index contributed by atoms with van der Waals surface area (Å²) < 4.78 is 28.0. The van der Waals surface area contributed by atoms with Crippen LogP contribution < -0.4 is 4.72 Å². The van der Waals surface area contributed by atoms with Gasteiger partial charge in [-0.15, -0.1) is 0 Å². The molecular weight excluding hydrogens is 256 g/mol. The number of aliphatic hydroxyl groups is 1. The predicted molar refractivity (Wildman–Crippen MR) is 64.1 cm³/mol. The fourth-order valence-electron chi connectivity index (χ4n) is 1.48. The maximum absolute atomic E-state index is 11.9. The Labute approximate surface area is 105 Å². The SMILES string of the molecule is O=S(=O)(NCCn1ccnc1)c1c[nH]c(CO)c1. The average Bonchev–Trinajstić information content (AvgIpc) is 2.99. The van der Waals surface area contributed by atoms with Gasteiger partial charge < -0.3 is 14.7 Å². The Bertz CT molecular complexity index is 588. The molecule has 0 saturated heterocycles. The molecule has 0 aliphatic rings. The quantitative estimate of drug-likeness (QED) is 0.670. The fraction of sp³-hybridized carbons (Fsp3) is 0.300. The van der Waals surface area contributed by atoms with Crippen LogP contribution in [-0.4, -0.2) is 34.6 Å². The van der Waals surface area contributed by atoms with Crippen molar-refractivity contribution in [3.63, 3.8) is 0 Å². The van der Waals surface area contributed by atoms with Gasteiger partial charge in [0.2, 0.25) is 10.0 Å². The number of nitrogens with one attached hydrogen (secondary N) is 2. The molecule has 0 fully saturated rings. The molecule has 0 atom stereocenters. The van der Waals surface area contributed by atoms with Crippen LogP contribution in [0.25, 0.3) is 0 Å². The van der Waals surface area contributed by atoms with Crippen LogP contribution in [0.2, 0.25) is 0 Å². The molecule has 8 heteroatoms. The van der Waals surface area contributed by atoms with Crippen molar-refractivity contribution in [1.82, 2.24) is 19.3 Å². The van der Waals surface area contributed by atoms with Gasteiger partial charge in [0.25, 0.3) is 0 Å². The molecule has 0 aliphatic heterocycles. The predicted octanol–water partition coefficient (Wildman–Crippen LogP) is -0.318. The van der Waals surface area contributed by atoms with E-state index in [1.807, 2.05) is 0 Å². The summed E-state index contributed by atoms with van der Waals surface area (Å²) >= 11 is 0. The van der Waals surface area contributed by atoms with E-state index in [1.165, 1.54) is 12.3 Å². The Morgan fingerprint density at radius 3 is 2.94 bits per heavy atom. The second kappa shape index (κ2) is 5.34. The van der Waals surface area contributed by atoms with Gasteiger partial charge in [0, 0.05) is 37.4 Å². The number of imidazole rings is 1. The third-order valence-corrected chi connectivity index (χ3v) is 3.86. The van der Waals surface area contributed by atoms with E-state index in [9.17, 15) is 8.42 Å². The number of hydrogen-bond donors (Lipinski definition) is 3. The van der Waals surface area contributed by atoms with Crippen molar-refractivity contribution in [2.75, 3.05) is 6.54 Å². The van der Waals surface area contributed by atoms with Crippen molar-refractivity contribution in [1.29, 1.82) is 0 Å².